The lowest BCUT2D eigenvalue weighted by molar-refractivity contribution is 0.0532. The van der Waals surface area contributed by atoms with Gasteiger partial charge in [0.15, 0.2) is 11.4 Å². The van der Waals surface area contributed by atoms with Crippen molar-refractivity contribution < 1.29 is 9.15 Å². The predicted molar refractivity (Wildman–Crippen MR) is 112 cm³/mol. The Labute approximate surface area is 166 Å². The van der Waals surface area contributed by atoms with E-state index in [1.54, 1.807) is 19.3 Å². The van der Waals surface area contributed by atoms with Crippen molar-refractivity contribution in [1.29, 1.82) is 0 Å². The molecule has 0 spiro atoms. The largest absolute Gasteiger partial charge is 0.436 e. The third kappa shape index (κ3) is 3.09. The summed E-state index contributed by atoms with van der Waals surface area (Å²) in [4.78, 5) is 11.4. The lowest BCUT2D eigenvalue weighted by Crippen LogP contribution is -2.41. The van der Waals surface area contributed by atoms with Crippen LogP contribution in [0.1, 0.15) is 6.92 Å². The van der Waals surface area contributed by atoms with Crippen LogP contribution >= 0.6 is 0 Å². The summed E-state index contributed by atoms with van der Waals surface area (Å²) >= 11 is 0. The molecule has 0 aliphatic carbocycles. The SMILES string of the molecule is CNc1ncc(-c2nc3cc(N4CCO[C@@H](C)C4)ccc3o2)c2cc(N)nnc12. The summed E-state index contributed by atoms with van der Waals surface area (Å²) in [5.41, 5.74) is 9.82. The highest BCUT2D eigenvalue weighted by Crippen LogP contribution is 2.33. The number of aromatic nitrogens is 4. The van der Waals surface area contributed by atoms with Gasteiger partial charge in [-0.15, -0.1) is 10.2 Å². The van der Waals surface area contributed by atoms with E-state index in [0.29, 0.717) is 28.6 Å². The van der Waals surface area contributed by atoms with Gasteiger partial charge in [-0.3, -0.25) is 0 Å². The van der Waals surface area contributed by atoms with Crippen molar-refractivity contribution in [2.45, 2.75) is 13.0 Å². The van der Waals surface area contributed by atoms with E-state index in [1.807, 2.05) is 12.1 Å². The number of hydrogen-bond donors (Lipinski definition) is 2. The predicted octanol–water partition coefficient (Wildman–Crippen LogP) is 2.68. The van der Waals surface area contributed by atoms with Crippen LogP contribution in [0.4, 0.5) is 17.3 Å². The monoisotopic (exact) mass is 391 g/mol. The Bertz CT molecular complexity index is 1210. The van der Waals surface area contributed by atoms with Gasteiger partial charge in [0.2, 0.25) is 5.89 Å². The van der Waals surface area contributed by atoms with E-state index in [2.05, 4.69) is 38.4 Å². The molecule has 9 nitrogen and oxygen atoms in total. The second kappa shape index (κ2) is 6.85. The Balaban J connectivity index is 1.60. The molecule has 9 heteroatoms. The Morgan fingerprint density at radius 1 is 1.24 bits per heavy atom. The van der Waals surface area contributed by atoms with Gasteiger partial charge in [0.25, 0.3) is 0 Å². The minimum Gasteiger partial charge on any atom is -0.436 e. The highest BCUT2D eigenvalue weighted by molar-refractivity contribution is 5.99. The minimum absolute atomic E-state index is 0.210. The fraction of sp³-hybridized carbons (Fsp3) is 0.300. The Morgan fingerprint density at radius 2 is 2.14 bits per heavy atom. The topological polar surface area (TPSA) is 115 Å². The summed E-state index contributed by atoms with van der Waals surface area (Å²) < 4.78 is 11.7. The van der Waals surface area contributed by atoms with Crippen molar-refractivity contribution in [2.24, 2.45) is 0 Å². The number of rotatable bonds is 3. The zero-order valence-corrected chi connectivity index (χ0v) is 16.2. The number of nitrogens with one attached hydrogen (secondary N) is 1. The number of anilines is 3. The average Bonchev–Trinajstić information content (AvgIpc) is 3.15. The number of benzene rings is 1. The molecule has 0 bridgehead atoms. The lowest BCUT2D eigenvalue weighted by Gasteiger charge is -2.32. The summed E-state index contributed by atoms with van der Waals surface area (Å²) in [6.45, 7) is 4.52. The quantitative estimate of drug-likeness (QED) is 0.544. The zero-order valence-electron chi connectivity index (χ0n) is 16.2. The average molecular weight is 391 g/mol. The molecule has 0 unspecified atom stereocenters. The number of nitrogens with zero attached hydrogens (tertiary/aromatic N) is 5. The number of fused-ring (bicyclic) bond motifs is 2. The molecular formula is C20H21N7O2. The second-order valence-electron chi connectivity index (χ2n) is 7.10. The maximum absolute atomic E-state index is 6.04. The third-order valence-electron chi connectivity index (χ3n) is 5.09. The molecule has 0 amide bonds. The van der Waals surface area contributed by atoms with Gasteiger partial charge in [0, 0.05) is 37.4 Å². The molecule has 148 valence electrons. The fourth-order valence-electron chi connectivity index (χ4n) is 3.68. The van der Waals surface area contributed by atoms with Crippen molar-refractivity contribution in [1.82, 2.24) is 20.2 Å². The van der Waals surface area contributed by atoms with Crippen molar-refractivity contribution in [3.8, 4) is 11.5 Å². The first kappa shape index (κ1) is 17.6. The molecule has 4 aromatic rings. The number of hydrogen-bond acceptors (Lipinski definition) is 9. The first-order chi connectivity index (χ1) is 14.1. The third-order valence-corrected chi connectivity index (χ3v) is 5.09. The highest BCUT2D eigenvalue weighted by Gasteiger charge is 2.19. The molecule has 4 heterocycles. The van der Waals surface area contributed by atoms with E-state index in [4.69, 9.17) is 19.9 Å². The number of oxazole rings is 1. The van der Waals surface area contributed by atoms with Crippen LogP contribution in [-0.2, 0) is 4.74 Å². The van der Waals surface area contributed by atoms with Gasteiger partial charge in [-0.25, -0.2) is 9.97 Å². The zero-order chi connectivity index (χ0) is 20.0. The van der Waals surface area contributed by atoms with Gasteiger partial charge in [0.05, 0.1) is 18.3 Å². The molecule has 1 aromatic carbocycles. The van der Waals surface area contributed by atoms with Crippen LogP contribution in [0.5, 0.6) is 0 Å². The van der Waals surface area contributed by atoms with Crippen LogP contribution in [0.3, 0.4) is 0 Å². The van der Waals surface area contributed by atoms with Gasteiger partial charge < -0.3 is 25.1 Å². The first-order valence-electron chi connectivity index (χ1n) is 9.49. The van der Waals surface area contributed by atoms with Gasteiger partial charge in [-0.05, 0) is 31.2 Å². The Morgan fingerprint density at radius 3 is 2.97 bits per heavy atom. The van der Waals surface area contributed by atoms with E-state index in [9.17, 15) is 0 Å². The minimum atomic E-state index is 0.210. The fourth-order valence-corrected chi connectivity index (χ4v) is 3.68. The maximum Gasteiger partial charge on any atom is 0.229 e. The number of morpholine rings is 1. The second-order valence-corrected chi connectivity index (χ2v) is 7.10. The lowest BCUT2D eigenvalue weighted by atomic mass is 10.1. The van der Waals surface area contributed by atoms with Gasteiger partial charge in [0.1, 0.15) is 16.9 Å². The molecule has 1 aliphatic rings. The van der Waals surface area contributed by atoms with E-state index >= 15 is 0 Å². The first-order valence-corrected chi connectivity index (χ1v) is 9.49. The van der Waals surface area contributed by atoms with E-state index in [-0.39, 0.29) is 6.10 Å². The molecule has 3 N–H and O–H groups in total. The highest BCUT2D eigenvalue weighted by atomic mass is 16.5. The molecule has 1 fully saturated rings. The van der Waals surface area contributed by atoms with Crippen LogP contribution in [0, 0.1) is 0 Å². The number of nitrogen functional groups attached to an aromatic ring is 1. The van der Waals surface area contributed by atoms with Crippen LogP contribution in [0.25, 0.3) is 33.5 Å². The van der Waals surface area contributed by atoms with Gasteiger partial charge in [-0.1, -0.05) is 0 Å². The van der Waals surface area contributed by atoms with Gasteiger partial charge in [-0.2, -0.15) is 0 Å². The maximum atomic E-state index is 6.04. The van der Waals surface area contributed by atoms with Crippen molar-refractivity contribution in [3.63, 3.8) is 0 Å². The molecule has 5 rings (SSSR count). The van der Waals surface area contributed by atoms with Crippen LogP contribution in [0.2, 0.25) is 0 Å². The number of pyridine rings is 1. The van der Waals surface area contributed by atoms with E-state index < -0.39 is 0 Å². The molecule has 1 saturated heterocycles. The Hall–Kier alpha value is -3.46. The number of nitrogens with two attached hydrogens (primary N) is 1. The van der Waals surface area contributed by atoms with Crippen molar-refractivity contribution in [2.75, 3.05) is 42.7 Å². The molecule has 0 saturated carbocycles. The molecule has 1 atom stereocenters. The molecule has 3 aromatic heterocycles. The summed E-state index contributed by atoms with van der Waals surface area (Å²) in [6, 6.07) is 7.81. The molecule has 1 aliphatic heterocycles. The van der Waals surface area contributed by atoms with Crippen molar-refractivity contribution >= 4 is 39.3 Å². The number of ether oxygens (including phenoxy) is 1. The Kier molecular flexibility index (Phi) is 4.17. The van der Waals surface area contributed by atoms with Crippen molar-refractivity contribution in [3.05, 3.63) is 30.5 Å². The van der Waals surface area contributed by atoms with Gasteiger partial charge >= 0.3 is 0 Å². The smallest absolute Gasteiger partial charge is 0.229 e. The summed E-state index contributed by atoms with van der Waals surface area (Å²) in [6.07, 6.45) is 1.92. The molecule has 0 radical (unpaired) electrons. The summed E-state index contributed by atoms with van der Waals surface area (Å²) in [7, 11) is 1.78. The van der Waals surface area contributed by atoms with E-state index in [1.165, 1.54) is 0 Å². The normalized spacial score (nSPS) is 17.2. The van der Waals surface area contributed by atoms with Crippen LogP contribution in [0.15, 0.2) is 34.9 Å². The van der Waals surface area contributed by atoms with Crippen LogP contribution < -0.4 is 16.0 Å². The summed E-state index contributed by atoms with van der Waals surface area (Å²) in [5.74, 6) is 1.42. The molecule has 29 heavy (non-hydrogen) atoms. The molecular weight excluding hydrogens is 370 g/mol. The van der Waals surface area contributed by atoms with Crippen LogP contribution in [-0.4, -0.2) is 53.0 Å². The summed E-state index contributed by atoms with van der Waals surface area (Å²) in [5, 5.41) is 11.9. The standard InChI is InChI=1S/C20H21N7O2/c1-11-10-27(5-6-28-11)12-3-4-16-15(7-12)24-20(29-16)14-9-23-19(22-2)18-13(14)8-17(21)25-26-18/h3-4,7-9,11H,5-6,10H2,1-2H3,(H2,21,25)(H,22,23)/t11-/m0/s1. The van der Waals surface area contributed by atoms with E-state index in [0.717, 1.165) is 41.9 Å².